The van der Waals surface area contributed by atoms with Gasteiger partial charge in [0, 0.05) is 11.3 Å². The maximum Gasteiger partial charge on any atom is 0.252 e. The lowest BCUT2D eigenvalue weighted by molar-refractivity contribution is -0.117. The minimum Gasteiger partial charge on any atom is -0.497 e. The van der Waals surface area contributed by atoms with Crippen molar-refractivity contribution in [1.29, 1.82) is 0 Å². The van der Waals surface area contributed by atoms with Gasteiger partial charge >= 0.3 is 0 Å². The van der Waals surface area contributed by atoms with Gasteiger partial charge in [0.25, 0.3) is 5.91 Å². The van der Waals surface area contributed by atoms with Gasteiger partial charge in [-0.2, -0.15) is 4.99 Å². The molecule has 2 atom stereocenters. The number of carbonyl (C=O) groups excluding carboxylic acids is 1. The van der Waals surface area contributed by atoms with Crippen LogP contribution >= 0.6 is 11.8 Å². The number of carbonyl (C=O) groups is 1. The quantitative estimate of drug-likeness (QED) is 0.678. The van der Waals surface area contributed by atoms with Gasteiger partial charge in [-0.15, -0.1) is 0 Å². The highest BCUT2D eigenvalue weighted by atomic mass is 32.2. The molecule has 4 rings (SSSR count). The van der Waals surface area contributed by atoms with Crippen molar-refractivity contribution in [2.75, 3.05) is 30.6 Å². The van der Waals surface area contributed by atoms with Crippen LogP contribution in [0.25, 0.3) is 0 Å². The summed E-state index contributed by atoms with van der Waals surface area (Å²) in [4.78, 5) is 19.0. The summed E-state index contributed by atoms with van der Waals surface area (Å²) >= 11 is 1.34. The number of aryl methyl sites for hydroxylation is 1. The van der Waals surface area contributed by atoms with Crippen molar-refractivity contribution in [3.05, 3.63) is 53.6 Å². The van der Waals surface area contributed by atoms with E-state index in [4.69, 9.17) is 9.47 Å². The second kappa shape index (κ2) is 8.55. The molecule has 0 aromatic heterocycles. The summed E-state index contributed by atoms with van der Waals surface area (Å²) in [7, 11) is -0.0457. The Bertz CT molecular complexity index is 1150. The maximum atomic E-state index is 12.8. The maximum absolute atomic E-state index is 12.8. The summed E-state index contributed by atoms with van der Waals surface area (Å²) in [6, 6.07) is 12.8. The number of anilines is 1. The van der Waals surface area contributed by atoms with Gasteiger partial charge in [-0.25, -0.2) is 8.42 Å². The third-order valence-electron chi connectivity index (χ3n) is 5.37. The topological polar surface area (TPSA) is 85.3 Å². The third-order valence-corrected chi connectivity index (χ3v) is 8.58. The number of aliphatic imine (C=N–C) groups is 1. The van der Waals surface area contributed by atoms with E-state index in [1.165, 1.54) is 11.8 Å². The van der Waals surface area contributed by atoms with Crippen LogP contribution in [0.1, 0.15) is 11.1 Å². The number of hydrogen-bond acceptors (Lipinski definition) is 6. The Morgan fingerprint density at radius 1 is 1.16 bits per heavy atom. The van der Waals surface area contributed by atoms with Crippen molar-refractivity contribution >= 4 is 38.4 Å². The molecule has 2 aliphatic heterocycles. The first-order chi connectivity index (χ1) is 14.8. The number of benzene rings is 2. The van der Waals surface area contributed by atoms with E-state index in [-0.39, 0.29) is 35.1 Å². The third kappa shape index (κ3) is 4.57. The molecule has 2 aromatic rings. The Kier molecular flexibility index (Phi) is 5.98. The second-order valence-corrected chi connectivity index (χ2v) is 11.0. The summed E-state index contributed by atoms with van der Waals surface area (Å²) in [5.74, 6) is 0.968. The van der Waals surface area contributed by atoms with E-state index in [1.54, 1.807) is 32.4 Å². The zero-order valence-corrected chi connectivity index (χ0v) is 19.2. The van der Waals surface area contributed by atoms with Crippen LogP contribution in [-0.4, -0.2) is 56.5 Å². The van der Waals surface area contributed by atoms with Crippen LogP contribution in [0.3, 0.4) is 0 Å². The van der Waals surface area contributed by atoms with Crippen LogP contribution < -0.4 is 14.4 Å². The number of hydrogen-bond donors (Lipinski definition) is 0. The van der Waals surface area contributed by atoms with Gasteiger partial charge in [-0.3, -0.25) is 4.79 Å². The average Bonchev–Trinajstić information content (AvgIpc) is 3.17. The lowest BCUT2D eigenvalue weighted by Gasteiger charge is -2.26. The van der Waals surface area contributed by atoms with Gasteiger partial charge in [0.2, 0.25) is 0 Å². The Morgan fingerprint density at radius 3 is 2.68 bits per heavy atom. The molecule has 31 heavy (non-hydrogen) atoms. The van der Waals surface area contributed by atoms with Gasteiger partial charge in [-0.05, 0) is 24.6 Å². The van der Waals surface area contributed by atoms with Crippen LogP contribution in [0.2, 0.25) is 0 Å². The number of amidine groups is 1. The van der Waals surface area contributed by atoms with Crippen molar-refractivity contribution in [3.8, 4) is 11.5 Å². The minimum absolute atomic E-state index is 0.0100. The summed E-state index contributed by atoms with van der Waals surface area (Å²) in [6.07, 6.45) is 0.183. The number of nitrogens with zero attached hydrogens (tertiary/aromatic N) is 2. The molecule has 0 bridgehead atoms. The molecule has 2 fully saturated rings. The Labute approximate surface area is 186 Å². The molecular formula is C22H24N2O5S2. The number of sulfone groups is 1. The molecule has 9 heteroatoms. The molecule has 164 valence electrons. The van der Waals surface area contributed by atoms with E-state index < -0.39 is 9.84 Å². The van der Waals surface area contributed by atoms with Crippen molar-refractivity contribution in [2.45, 2.75) is 24.6 Å². The molecule has 1 amide bonds. The first-order valence-corrected chi connectivity index (χ1v) is 12.5. The first-order valence-electron chi connectivity index (χ1n) is 9.85. The smallest absolute Gasteiger partial charge is 0.252 e. The standard InChI is InChI=1S/C22H24N2O5S2/c1-14-5-4-6-15(9-14)10-21(25)23-22-24(18-12-31(26,27)13-20(18)30-22)17-11-16(28-2)7-8-19(17)29-3/h4-9,11,18,20H,10,12-13H2,1-3H3/t18-,20-/m1/s1. The van der Waals surface area contributed by atoms with Crippen molar-refractivity contribution in [1.82, 2.24) is 0 Å². The lowest BCUT2D eigenvalue weighted by Crippen LogP contribution is -2.38. The van der Waals surface area contributed by atoms with Crippen LogP contribution in [0.15, 0.2) is 47.5 Å². The molecule has 2 aliphatic rings. The molecule has 0 aliphatic carbocycles. The van der Waals surface area contributed by atoms with Crippen molar-refractivity contribution in [3.63, 3.8) is 0 Å². The average molecular weight is 461 g/mol. The van der Waals surface area contributed by atoms with Crippen molar-refractivity contribution in [2.24, 2.45) is 4.99 Å². The molecule has 2 aromatic carbocycles. The highest BCUT2D eigenvalue weighted by molar-refractivity contribution is 8.16. The lowest BCUT2D eigenvalue weighted by atomic mass is 10.1. The van der Waals surface area contributed by atoms with E-state index in [9.17, 15) is 13.2 Å². The minimum atomic E-state index is -3.16. The van der Waals surface area contributed by atoms with Gasteiger partial charge < -0.3 is 14.4 Å². The summed E-state index contributed by atoms with van der Waals surface area (Å²) in [6.45, 7) is 1.98. The van der Waals surface area contributed by atoms with Crippen molar-refractivity contribution < 1.29 is 22.7 Å². The Morgan fingerprint density at radius 2 is 1.97 bits per heavy atom. The van der Waals surface area contributed by atoms with E-state index in [0.717, 1.165) is 11.1 Å². The number of amides is 1. The molecule has 2 heterocycles. The molecule has 0 unspecified atom stereocenters. The Hall–Kier alpha value is -2.52. The molecule has 0 saturated carbocycles. The van der Waals surface area contributed by atoms with Gasteiger partial charge in [0.1, 0.15) is 11.5 Å². The SMILES string of the molecule is COc1ccc(OC)c(N2C(=NC(=O)Cc3cccc(C)c3)S[C@@H]3CS(=O)(=O)C[C@H]32)c1. The Balaban J connectivity index is 1.71. The van der Waals surface area contributed by atoms with Gasteiger partial charge in [0.15, 0.2) is 15.0 Å². The fraction of sp³-hybridized carbons (Fsp3) is 0.364. The van der Waals surface area contributed by atoms with Crippen LogP contribution in [-0.2, 0) is 21.1 Å². The van der Waals surface area contributed by atoms with E-state index in [2.05, 4.69) is 4.99 Å². The summed E-state index contributed by atoms with van der Waals surface area (Å²) < 4.78 is 35.5. The molecule has 0 spiro atoms. The predicted octanol–water partition coefficient (Wildman–Crippen LogP) is 2.86. The fourth-order valence-corrected chi connectivity index (χ4v) is 7.90. The number of ether oxygens (including phenoxy) is 2. The van der Waals surface area contributed by atoms with E-state index in [0.29, 0.717) is 22.4 Å². The zero-order chi connectivity index (χ0) is 22.2. The van der Waals surface area contributed by atoms with E-state index in [1.807, 2.05) is 36.1 Å². The largest absolute Gasteiger partial charge is 0.497 e. The van der Waals surface area contributed by atoms with Gasteiger partial charge in [0.05, 0.1) is 43.9 Å². The zero-order valence-electron chi connectivity index (χ0n) is 17.6. The van der Waals surface area contributed by atoms with Crippen LogP contribution in [0.5, 0.6) is 11.5 Å². The first kappa shape index (κ1) is 21.7. The molecule has 7 nitrogen and oxygen atoms in total. The van der Waals surface area contributed by atoms with Crippen LogP contribution in [0.4, 0.5) is 5.69 Å². The molecule has 0 radical (unpaired) electrons. The van der Waals surface area contributed by atoms with E-state index >= 15 is 0 Å². The summed E-state index contributed by atoms with van der Waals surface area (Å²) in [5.41, 5.74) is 2.61. The number of fused-ring (bicyclic) bond motifs is 1. The number of methoxy groups -OCH3 is 2. The van der Waals surface area contributed by atoms with Gasteiger partial charge in [-0.1, -0.05) is 41.6 Å². The second-order valence-electron chi connectivity index (χ2n) is 7.66. The normalized spacial score (nSPS) is 23.1. The molecule has 2 saturated heterocycles. The number of rotatable bonds is 5. The number of thioether (sulfide) groups is 1. The highest BCUT2D eigenvalue weighted by Crippen LogP contribution is 2.45. The molecular weight excluding hydrogens is 436 g/mol. The fourth-order valence-electron chi connectivity index (χ4n) is 3.97. The highest BCUT2D eigenvalue weighted by Gasteiger charge is 2.50. The summed E-state index contributed by atoms with van der Waals surface area (Å²) in [5, 5.41) is 0.306. The predicted molar refractivity (Wildman–Crippen MR) is 123 cm³/mol. The monoisotopic (exact) mass is 460 g/mol. The van der Waals surface area contributed by atoms with Crippen LogP contribution in [0, 0.1) is 6.92 Å². The molecule has 0 N–H and O–H groups in total.